The SMILES string of the molecule is CCCCn1nnnc1CSc1nnnn1C(C)C. The number of thioether (sulfide) groups is 1. The maximum absolute atomic E-state index is 4.05. The lowest BCUT2D eigenvalue weighted by Crippen LogP contribution is -2.07. The molecule has 0 amide bonds. The Labute approximate surface area is 115 Å². The highest BCUT2D eigenvalue weighted by atomic mass is 32.2. The van der Waals surface area contributed by atoms with E-state index in [0.717, 1.165) is 30.4 Å². The van der Waals surface area contributed by atoms with E-state index in [2.05, 4.69) is 38.0 Å². The first-order chi connectivity index (χ1) is 9.22. The maximum atomic E-state index is 4.05. The van der Waals surface area contributed by atoms with Gasteiger partial charge in [0.25, 0.3) is 0 Å². The number of hydrogen-bond donors (Lipinski definition) is 0. The standard InChI is InChI=1S/C10H18N8S/c1-4-5-6-17-9(11-13-15-17)7-19-10-12-14-16-18(10)8(2)3/h8H,4-7H2,1-3H3. The molecule has 0 saturated carbocycles. The second-order valence-electron chi connectivity index (χ2n) is 4.46. The van der Waals surface area contributed by atoms with Crippen LogP contribution in [0.2, 0.25) is 0 Å². The molecule has 0 N–H and O–H groups in total. The van der Waals surface area contributed by atoms with Gasteiger partial charge in [-0.2, -0.15) is 0 Å². The second kappa shape index (κ2) is 6.60. The van der Waals surface area contributed by atoms with Gasteiger partial charge in [0.15, 0.2) is 5.82 Å². The highest BCUT2D eigenvalue weighted by molar-refractivity contribution is 7.98. The van der Waals surface area contributed by atoms with Gasteiger partial charge in [-0.05, 0) is 41.1 Å². The normalized spacial score (nSPS) is 11.4. The molecular weight excluding hydrogens is 264 g/mol. The first-order valence-corrected chi connectivity index (χ1v) is 7.36. The Balaban J connectivity index is 1.98. The summed E-state index contributed by atoms with van der Waals surface area (Å²) in [5.41, 5.74) is 0. The van der Waals surface area contributed by atoms with E-state index in [4.69, 9.17) is 0 Å². The number of rotatable bonds is 7. The van der Waals surface area contributed by atoms with Crippen molar-refractivity contribution >= 4 is 11.8 Å². The molecule has 0 fully saturated rings. The van der Waals surface area contributed by atoms with Crippen molar-refractivity contribution in [2.45, 2.75) is 57.1 Å². The van der Waals surface area contributed by atoms with Crippen LogP contribution in [0.3, 0.4) is 0 Å². The highest BCUT2D eigenvalue weighted by Crippen LogP contribution is 2.20. The summed E-state index contributed by atoms with van der Waals surface area (Å²) in [7, 11) is 0. The molecule has 2 aromatic heterocycles. The van der Waals surface area contributed by atoms with E-state index in [-0.39, 0.29) is 6.04 Å². The van der Waals surface area contributed by atoms with Crippen LogP contribution in [0, 0.1) is 0 Å². The predicted octanol–water partition coefficient (Wildman–Crippen LogP) is 1.33. The Hall–Kier alpha value is -1.51. The van der Waals surface area contributed by atoms with Gasteiger partial charge < -0.3 is 0 Å². The van der Waals surface area contributed by atoms with Crippen LogP contribution in [-0.4, -0.2) is 40.4 Å². The molecule has 2 rings (SSSR count). The summed E-state index contributed by atoms with van der Waals surface area (Å²) >= 11 is 1.55. The van der Waals surface area contributed by atoms with Crippen molar-refractivity contribution in [2.75, 3.05) is 0 Å². The third-order valence-corrected chi connectivity index (χ3v) is 3.54. The molecular formula is C10H18N8S. The minimum Gasteiger partial charge on any atom is -0.229 e. The molecule has 2 heterocycles. The average Bonchev–Trinajstić information content (AvgIpc) is 3.02. The average molecular weight is 282 g/mol. The van der Waals surface area contributed by atoms with Crippen molar-refractivity contribution in [3.63, 3.8) is 0 Å². The van der Waals surface area contributed by atoms with Gasteiger partial charge in [-0.25, -0.2) is 9.36 Å². The van der Waals surface area contributed by atoms with Crippen LogP contribution >= 0.6 is 11.8 Å². The molecule has 104 valence electrons. The molecule has 0 bridgehead atoms. The lowest BCUT2D eigenvalue weighted by Gasteiger charge is -2.07. The van der Waals surface area contributed by atoms with Crippen LogP contribution < -0.4 is 0 Å². The van der Waals surface area contributed by atoms with Gasteiger partial charge >= 0.3 is 0 Å². The second-order valence-corrected chi connectivity index (χ2v) is 5.40. The van der Waals surface area contributed by atoms with Crippen molar-refractivity contribution in [3.05, 3.63) is 5.82 Å². The van der Waals surface area contributed by atoms with Gasteiger partial charge in [-0.15, -0.1) is 10.2 Å². The molecule has 2 aromatic rings. The number of tetrazole rings is 2. The summed E-state index contributed by atoms with van der Waals surface area (Å²) in [6, 6.07) is 0.244. The zero-order valence-corrected chi connectivity index (χ0v) is 12.2. The first-order valence-electron chi connectivity index (χ1n) is 6.38. The van der Waals surface area contributed by atoms with E-state index in [1.54, 1.807) is 16.4 Å². The van der Waals surface area contributed by atoms with Crippen molar-refractivity contribution < 1.29 is 0 Å². The van der Waals surface area contributed by atoms with Gasteiger partial charge in [0.1, 0.15) is 0 Å². The summed E-state index contributed by atoms with van der Waals surface area (Å²) in [5.74, 6) is 1.53. The molecule has 9 heteroatoms. The zero-order valence-electron chi connectivity index (χ0n) is 11.4. The van der Waals surface area contributed by atoms with Crippen molar-refractivity contribution in [2.24, 2.45) is 0 Å². The largest absolute Gasteiger partial charge is 0.229 e. The Kier molecular flexibility index (Phi) is 4.83. The summed E-state index contributed by atoms with van der Waals surface area (Å²) < 4.78 is 3.64. The number of unbranched alkanes of at least 4 members (excludes halogenated alkanes) is 1. The minimum absolute atomic E-state index is 0.244. The van der Waals surface area contributed by atoms with Crippen molar-refractivity contribution in [1.29, 1.82) is 0 Å². The summed E-state index contributed by atoms with van der Waals surface area (Å²) in [5, 5.41) is 24.2. The molecule has 0 atom stereocenters. The number of hydrogen-bond acceptors (Lipinski definition) is 7. The van der Waals surface area contributed by atoms with Crippen molar-refractivity contribution in [1.82, 2.24) is 40.4 Å². The van der Waals surface area contributed by atoms with Gasteiger partial charge in [0.05, 0.1) is 11.8 Å². The third kappa shape index (κ3) is 3.49. The topological polar surface area (TPSA) is 87.2 Å². The zero-order chi connectivity index (χ0) is 13.7. The molecule has 0 aliphatic carbocycles. The monoisotopic (exact) mass is 282 g/mol. The van der Waals surface area contributed by atoms with Crippen LogP contribution in [0.4, 0.5) is 0 Å². The Bertz CT molecular complexity index is 505. The van der Waals surface area contributed by atoms with Crippen LogP contribution in [-0.2, 0) is 12.3 Å². The molecule has 0 unspecified atom stereocenters. The summed E-state index contributed by atoms with van der Waals surface area (Å²) in [6.07, 6.45) is 2.20. The van der Waals surface area contributed by atoms with Gasteiger partial charge in [0, 0.05) is 6.54 Å². The molecule has 0 aliphatic rings. The van der Waals surface area contributed by atoms with Gasteiger partial charge in [0.2, 0.25) is 5.16 Å². The molecule has 0 saturated heterocycles. The summed E-state index contributed by atoms with van der Waals surface area (Å²) in [6.45, 7) is 7.10. The maximum Gasteiger partial charge on any atom is 0.209 e. The molecule has 8 nitrogen and oxygen atoms in total. The Morgan fingerprint density at radius 2 is 1.95 bits per heavy atom. The molecule has 0 aliphatic heterocycles. The Morgan fingerprint density at radius 3 is 2.68 bits per heavy atom. The minimum atomic E-state index is 0.244. The lowest BCUT2D eigenvalue weighted by atomic mass is 10.3. The smallest absolute Gasteiger partial charge is 0.209 e. The van der Waals surface area contributed by atoms with Crippen LogP contribution in [0.25, 0.3) is 0 Å². The van der Waals surface area contributed by atoms with E-state index < -0.39 is 0 Å². The molecule has 19 heavy (non-hydrogen) atoms. The fraction of sp³-hybridized carbons (Fsp3) is 0.800. The number of aryl methyl sites for hydroxylation is 1. The molecule has 0 spiro atoms. The van der Waals surface area contributed by atoms with E-state index in [1.165, 1.54) is 0 Å². The quantitative estimate of drug-likeness (QED) is 0.708. The molecule has 0 radical (unpaired) electrons. The van der Waals surface area contributed by atoms with Crippen LogP contribution in [0.1, 0.15) is 45.5 Å². The highest BCUT2D eigenvalue weighted by Gasteiger charge is 2.12. The first kappa shape index (κ1) is 13.9. The lowest BCUT2D eigenvalue weighted by molar-refractivity contribution is 0.477. The Morgan fingerprint density at radius 1 is 1.16 bits per heavy atom. The fourth-order valence-electron chi connectivity index (χ4n) is 1.54. The number of nitrogens with zero attached hydrogens (tertiary/aromatic N) is 8. The number of aromatic nitrogens is 8. The van der Waals surface area contributed by atoms with Crippen LogP contribution in [0.5, 0.6) is 0 Å². The van der Waals surface area contributed by atoms with E-state index in [1.807, 2.05) is 18.5 Å². The van der Waals surface area contributed by atoms with Gasteiger partial charge in [-0.3, -0.25) is 0 Å². The van der Waals surface area contributed by atoms with E-state index in [0.29, 0.717) is 5.75 Å². The van der Waals surface area contributed by atoms with Crippen molar-refractivity contribution in [3.8, 4) is 0 Å². The fourth-order valence-corrected chi connectivity index (χ4v) is 2.48. The van der Waals surface area contributed by atoms with Gasteiger partial charge in [-0.1, -0.05) is 25.1 Å². The summed E-state index contributed by atoms with van der Waals surface area (Å²) in [4.78, 5) is 0. The van der Waals surface area contributed by atoms with E-state index >= 15 is 0 Å². The predicted molar refractivity (Wildman–Crippen MR) is 70.5 cm³/mol. The third-order valence-electron chi connectivity index (χ3n) is 2.61. The van der Waals surface area contributed by atoms with E-state index in [9.17, 15) is 0 Å². The molecule has 0 aromatic carbocycles. The van der Waals surface area contributed by atoms with Crippen LogP contribution in [0.15, 0.2) is 5.16 Å².